The van der Waals surface area contributed by atoms with Gasteiger partial charge in [-0.3, -0.25) is 9.59 Å². The summed E-state index contributed by atoms with van der Waals surface area (Å²) in [5.74, 6) is -1.43. The Morgan fingerprint density at radius 1 is 1.02 bits per heavy atom. The molecular formula is C28H23Cl2F2N3O8S. The molecule has 232 valence electrons. The number of aliphatic hydroxyl groups excluding tert-OH is 1. The molecular weight excluding hydrogens is 647 g/mol. The number of hydrazone groups is 1. The van der Waals surface area contributed by atoms with Gasteiger partial charge in [-0.05, 0) is 42.0 Å². The minimum Gasteiger partial charge on any atom is -0.497 e. The van der Waals surface area contributed by atoms with E-state index in [1.807, 2.05) is 0 Å². The molecule has 16 heteroatoms. The highest BCUT2D eigenvalue weighted by atomic mass is 35.5. The third-order valence-corrected chi connectivity index (χ3v) is 9.03. The van der Waals surface area contributed by atoms with Crippen molar-refractivity contribution in [2.45, 2.75) is 30.5 Å². The lowest BCUT2D eigenvalue weighted by Crippen LogP contribution is -2.53. The summed E-state index contributed by atoms with van der Waals surface area (Å²) in [5.41, 5.74) is -0.422. The molecule has 2 aliphatic heterocycles. The molecule has 0 aliphatic carbocycles. The Labute approximate surface area is 260 Å². The van der Waals surface area contributed by atoms with Gasteiger partial charge in [-0.2, -0.15) is 14.4 Å². The third kappa shape index (κ3) is 6.49. The van der Waals surface area contributed by atoms with E-state index in [1.165, 1.54) is 37.4 Å². The minimum absolute atomic E-state index is 0.00403. The number of carbonyl (C=O) groups is 2. The Balaban J connectivity index is 1.44. The fourth-order valence-corrected chi connectivity index (χ4v) is 6.49. The van der Waals surface area contributed by atoms with Crippen molar-refractivity contribution < 1.29 is 46.1 Å². The van der Waals surface area contributed by atoms with Crippen molar-refractivity contribution in [3.63, 3.8) is 0 Å². The molecule has 0 saturated carbocycles. The number of benzene rings is 3. The van der Waals surface area contributed by atoms with Crippen LogP contribution in [0.4, 0.5) is 14.5 Å². The Kier molecular flexibility index (Phi) is 9.09. The van der Waals surface area contributed by atoms with E-state index in [1.54, 1.807) is 24.3 Å². The first-order valence-corrected chi connectivity index (χ1v) is 15.0. The number of amides is 1. The van der Waals surface area contributed by atoms with Crippen LogP contribution in [0.2, 0.25) is 10.0 Å². The first kappa shape index (κ1) is 31.6. The summed E-state index contributed by atoms with van der Waals surface area (Å²) in [6.45, 7) is -0.160. The van der Waals surface area contributed by atoms with Crippen LogP contribution < -0.4 is 19.2 Å². The van der Waals surface area contributed by atoms with E-state index in [4.69, 9.17) is 37.4 Å². The number of Topliss-reactive ketones (excluding diaryl/α,β-unsaturated/α-hetero) is 1. The summed E-state index contributed by atoms with van der Waals surface area (Å²) in [7, 11) is -2.59. The summed E-state index contributed by atoms with van der Waals surface area (Å²) < 4.78 is 71.3. The van der Waals surface area contributed by atoms with Crippen LogP contribution in [0.3, 0.4) is 0 Å². The lowest BCUT2D eigenvalue weighted by atomic mass is 10.1. The molecule has 0 unspecified atom stereocenters. The zero-order valence-electron chi connectivity index (χ0n) is 22.7. The van der Waals surface area contributed by atoms with E-state index in [0.717, 1.165) is 9.87 Å². The normalized spacial score (nSPS) is 16.2. The molecule has 2 heterocycles. The maximum atomic E-state index is 13.4. The monoisotopic (exact) mass is 669 g/mol. The average Bonchev–Trinajstić information content (AvgIpc) is 2.96. The van der Waals surface area contributed by atoms with Crippen molar-refractivity contribution in [2.24, 2.45) is 5.10 Å². The van der Waals surface area contributed by atoms with E-state index in [0.29, 0.717) is 10.8 Å². The first-order chi connectivity index (χ1) is 20.9. The maximum Gasteiger partial charge on any atom is 0.285 e. The van der Waals surface area contributed by atoms with Crippen LogP contribution in [0.1, 0.15) is 12.0 Å². The Morgan fingerprint density at radius 2 is 1.66 bits per heavy atom. The number of ketones is 1. The van der Waals surface area contributed by atoms with Gasteiger partial charge in [-0.1, -0.05) is 35.3 Å². The second-order valence-electron chi connectivity index (χ2n) is 9.65. The number of methoxy groups -OCH3 is 1. The van der Waals surface area contributed by atoms with Crippen molar-refractivity contribution in [1.29, 1.82) is 0 Å². The summed E-state index contributed by atoms with van der Waals surface area (Å²) in [6, 6.07) is 13.4. The molecule has 11 nitrogen and oxygen atoms in total. The number of rotatable bonds is 10. The van der Waals surface area contributed by atoms with Gasteiger partial charge < -0.3 is 19.3 Å². The molecule has 1 saturated heterocycles. The van der Waals surface area contributed by atoms with Gasteiger partial charge in [0.2, 0.25) is 10.0 Å². The van der Waals surface area contributed by atoms with Crippen LogP contribution in [0.25, 0.3) is 0 Å². The summed E-state index contributed by atoms with van der Waals surface area (Å²) in [5, 5.41) is 13.4. The van der Waals surface area contributed by atoms with Crippen LogP contribution >= 0.6 is 23.2 Å². The van der Waals surface area contributed by atoms with Gasteiger partial charge >= 0.3 is 0 Å². The van der Waals surface area contributed by atoms with Gasteiger partial charge in [0.1, 0.15) is 28.8 Å². The number of hydrogen-bond acceptors (Lipinski definition) is 9. The van der Waals surface area contributed by atoms with Crippen molar-refractivity contribution in [2.75, 3.05) is 25.2 Å². The van der Waals surface area contributed by atoms with E-state index >= 15 is 0 Å². The predicted octanol–water partition coefficient (Wildman–Crippen LogP) is 4.67. The Hall–Kier alpha value is -3.82. The number of hydrogen-bond donors (Lipinski definition) is 1. The average molecular weight is 670 g/mol. The second kappa shape index (κ2) is 12.7. The van der Waals surface area contributed by atoms with Crippen LogP contribution in [0, 0.1) is 0 Å². The summed E-state index contributed by atoms with van der Waals surface area (Å²) in [6.07, 6.45) is -4.80. The lowest BCUT2D eigenvalue weighted by molar-refractivity contribution is -0.124. The van der Waals surface area contributed by atoms with Gasteiger partial charge in [0, 0.05) is 19.2 Å². The predicted molar refractivity (Wildman–Crippen MR) is 156 cm³/mol. The quantitative estimate of drug-likeness (QED) is 0.308. The third-order valence-electron chi connectivity index (χ3n) is 6.61. The molecule has 0 spiro atoms. The van der Waals surface area contributed by atoms with Gasteiger partial charge in [-0.15, -0.1) is 0 Å². The van der Waals surface area contributed by atoms with Gasteiger partial charge in [0.05, 0.1) is 35.4 Å². The number of alkyl halides is 2. The maximum absolute atomic E-state index is 13.4. The topological polar surface area (TPSA) is 135 Å². The molecule has 1 N–H and O–H groups in total. The first-order valence-electron chi connectivity index (χ1n) is 12.8. The standard InChI is InChI=1S/C28H23Cl2F2N3O8S/c1-41-18-4-2-15(3-5-18)14-42-23-7-6-19(10-24(23)44(39,40)34-12-17(36)13-34)43-27-20(29)8-16(9-21(27)30)35-25(38)11-22(37)26(33-35)28(31)32/h2-10,17,28,36H,11-14H2,1H3. The highest BCUT2D eigenvalue weighted by Gasteiger charge is 2.38. The molecule has 5 rings (SSSR count). The Morgan fingerprint density at radius 3 is 2.25 bits per heavy atom. The molecule has 1 amide bonds. The van der Waals surface area contributed by atoms with Crippen molar-refractivity contribution in [1.82, 2.24) is 4.31 Å². The van der Waals surface area contributed by atoms with Crippen LogP contribution in [-0.2, 0) is 26.2 Å². The van der Waals surface area contributed by atoms with Gasteiger partial charge in [-0.25, -0.2) is 17.2 Å². The molecule has 1 fully saturated rings. The van der Waals surface area contributed by atoms with E-state index in [-0.39, 0.29) is 57.6 Å². The number of carbonyl (C=O) groups excluding carboxylic acids is 2. The molecule has 0 atom stereocenters. The molecule has 44 heavy (non-hydrogen) atoms. The van der Waals surface area contributed by atoms with Crippen LogP contribution in [0.15, 0.2) is 64.6 Å². The smallest absolute Gasteiger partial charge is 0.285 e. The zero-order valence-corrected chi connectivity index (χ0v) is 25.1. The SMILES string of the molecule is COc1ccc(COc2ccc(Oc3c(Cl)cc(N4N=C(C(F)F)C(=O)CC4=O)cc3Cl)cc2S(=O)(=O)N2CC(O)C2)cc1. The zero-order chi connectivity index (χ0) is 31.8. The summed E-state index contributed by atoms with van der Waals surface area (Å²) >= 11 is 12.8. The number of aliphatic hydroxyl groups is 1. The molecule has 3 aromatic rings. The Bertz CT molecular complexity index is 1730. The molecule has 0 radical (unpaired) electrons. The number of anilines is 1. The van der Waals surface area contributed by atoms with Crippen molar-refractivity contribution >= 4 is 56.3 Å². The van der Waals surface area contributed by atoms with Crippen LogP contribution in [0.5, 0.6) is 23.0 Å². The van der Waals surface area contributed by atoms with E-state index in [9.17, 15) is 31.9 Å². The summed E-state index contributed by atoms with van der Waals surface area (Å²) in [4.78, 5) is 23.9. The van der Waals surface area contributed by atoms with E-state index in [2.05, 4.69) is 5.10 Å². The van der Waals surface area contributed by atoms with Gasteiger partial charge in [0.25, 0.3) is 12.3 Å². The largest absolute Gasteiger partial charge is 0.497 e. The van der Waals surface area contributed by atoms with Crippen molar-refractivity contribution in [3.8, 4) is 23.0 Å². The molecule has 0 aromatic heterocycles. The number of ether oxygens (including phenoxy) is 3. The number of nitrogens with zero attached hydrogens (tertiary/aromatic N) is 3. The molecule has 2 aliphatic rings. The van der Waals surface area contributed by atoms with E-state index < -0.39 is 46.4 Å². The molecule has 0 bridgehead atoms. The minimum atomic E-state index is -4.13. The highest BCUT2D eigenvalue weighted by Crippen LogP contribution is 2.42. The fourth-order valence-electron chi connectivity index (χ4n) is 4.28. The van der Waals surface area contributed by atoms with Crippen molar-refractivity contribution in [3.05, 3.63) is 70.2 Å². The van der Waals surface area contributed by atoms with Gasteiger partial charge in [0.15, 0.2) is 17.2 Å². The second-order valence-corrected chi connectivity index (χ2v) is 12.4. The number of halogens is 4. The number of sulfonamides is 1. The van der Waals surface area contributed by atoms with Crippen LogP contribution in [-0.4, -0.2) is 68.0 Å². The number of β-amino-alcohol motifs (C(OH)–C–C–N with tert-alkyl or cyclic N) is 1. The lowest BCUT2D eigenvalue weighted by Gasteiger charge is -2.35. The fraction of sp³-hybridized carbons (Fsp3) is 0.250. The molecule has 3 aromatic carbocycles. The highest BCUT2D eigenvalue weighted by molar-refractivity contribution is 7.89.